The van der Waals surface area contributed by atoms with Gasteiger partial charge in [0.05, 0.1) is 32.3 Å². The number of carbonyl (C=O) groups is 1. The van der Waals surface area contributed by atoms with Gasteiger partial charge in [-0.15, -0.1) is 0 Å². The Kier molecular flexibility index (Phi) is 6.73. The van der Waals surface area contributed by atoms with Crippen LogP contribution in [0.15, 0.2) is 71.8 Å². The van der Waals surface area contributed by atoms with Crippen LogP contribution in [0.5, 0.6) is 0 Å². The minimum atomic E-state index is -0.747. The van der Waals surface area contributed by atoms with Gasteiger partial charge >= 0.3 is 0 Å². The topological polar surface area (TPSA) is 106 Å². The summed E-state index contributed by atoms with van der Waals surface area (Å²) >= 11 is 12.8. The average Bonchev–Trinajstić information content (AvgIpc) is 3.30. The zero-order chi connectivity index (χ0) is 26.1. The van der Waals surface area contributed by atoms with Crippen LogP contribution in [0.1, 0.15) is 33.4 Å². The molecule has 0 spiro atoms. The second-order valence-electron chi connectivity index (χ2n) is 8.31. The fourth-order valence-corrected chi connectivity index (χ4v) is 4.69. The Bertz CT molecular complexity index is 1680. The van der Waals surface area contributed by atoms with E-state index in [-0.39, 0.29) is 27.8 Å². The minimum Gasteiger partial charge on any atom is -0.351 e. The molecule has 3 aromatic carbocycles. The lowest BCUT2D eigenvalue weighted by Gasteiger charge is -2.18. The third-order valence-electron chi connectivity index (χ3n) is 5.80. The summed E-state index contributed by atoms with van der Waals surface area (Å²) < 4.78 is 15.6. The van der Waals surface area contributed by atoms with Crippen LogP contribution in [-0.2, 0) is 0 Å². The number of fused-ring (bicyclic) bond motifs is 1. The Balaban J connectivity index is 1.47. The molecule has 1 atom stereocenters. The van der Waals surface area contributed by atoms with Crippen molar-refractivity contribution in [2.75, 3.05) is 6.54 Å². The maximum atomic E-state index is 14.1. The van der Waals surface area contributed by atoms with Crippen LogP contribution in [0.4, 0.5) is 4.39 Å². The molecular weight excluding hydrogens is 518 g/mol. The van der Waals surface area contributed by atoms with E-state index in [0.717, 1.165) is 0 Å². The normalized spacial score (nSPS) is 12.0. The summed E-state index contributed by atoms with van der Waals surface area (Å²) in [5.74, 6) is -1.22. The molecule has 0 bridgehead atoms. The first-order valence-electron chi connectivity index (χ1n) is 11.2. The Morgan fingerprint density at radius 2 is 1.86 bits per heavy atom. The number of H-pyrrole nitrogens is 1. The molecule has 5 aromatic rings. The lowest BCUT2D eigenvalue weighted by atomic mass is 9.95. The summed E-state index contributed by atoms with van der Waals surface area (Å²) in [7, 11) is 0. The fraction of sp³-hybridized carbons (Fsp3) is 0.115. The van der Waals surface area contributed by atoms with Crippen molar-refractivity contribution in [3.05, 3.63) is 116 Å². The van der Waals surface area contributed by atoms with Gasteiger partial charge in [0, 0.05) is 12.5 Å². The van der Waals surface area contributed by atoms with Crippen LogP contribution in [0, 0.1) is 12.7 Å². The van der Waals surface area contributed by atoms with Gasteiger partial charge in [0.25, 0.3) is 11.5 Å². The number of para-hydroxylation sites is 2. The zero-order valence-electron chi connectivity index (χ0n) is 19.4. The third-order valence-corrected chi connectivity index (χ3v) is 6.39. The molecule has 5 rings (SSSR count). The van der Waals surface area contributed by atoms with Gasteiger partial charge in [-0.25, -0.2) is 19.0 Å². The van der Waals surface area contributed by atoms with E-state index in [1.807, 2.05) is 0 Å². The van der Waals surface area contributed by atoms with Crippen molar-refractivity contribution in [2.45, 2.75) is 12.8 Å². The molecule has 2 N–H and O–H groups in total. The molecule has 0 aliphatic heterocycles. The lowest BCUT2D eigenvalue weighted by molar-refractivity contribution is 0.0952. The number of hydrogen-bond acceptors (Lipinski definition) is 5. The van der Waals surface area contributed by atoms with Gasteiger partial charge in [0.2, 0.25) is 0 Å². The summed E-state index contributed by atoms with van der Waals surface area (Å²) in [6.45, 7) is 1.68. The minimum absolute atomic E-state index is 0.0577. The number of aryl methyl sites for hydroxylation is 1. The maximum absolute atomic E-state index is 14.1. The van der Waals surface area contributed by atoms with E-state index in [1.165, 1.54) is 29.2 Å². The first-order chi connectivity index (χ1) is 17.8. The smallest absolute Gasteiger partial charge is 0.270 e. The first-order valence-corrected chi connectivity index (χ1v) is 12.0. The van der Waals surface area contributed by atoms with Crippen LogP contribution >= 0.6 is 23.2 Å². The number of amides is 1. The van der Waals surface area contributed by atoms with E-state index >= 15 is 0 Å². The van der Waals surface area contributed by atoms with Crippen molar-refractivity contribution >= 4 is 40.1 Å². The van der Waals surface area contributed by atoms with Gasteiger partial charge in [0.1, 0.15) is 23.7 Å². The highest BCUT2D eigenvalue weighted by molar-refractivity contribution is 6.40. The number of halogens is 3. The van der Waals surface area contributed by atoms with Crippen molar-refractivity contribution in [2.24, 2.45) is 0 Å². The number of aromatic nitrogens is 5. The molecule has 0 fully saturated rings. The Hall–Kier alpha value is -4.08. The summed E-state index contributed by atoms with van der Waals surface area (Å²) in [4.78, 5) is 37.5. The standard InChI is InChI=1S/C26H19Cl2FN6O2/c1-14-31-13-35(34-14)17-10-19(27)23(20(28)11-17)25(36)30-12-18(15-5-4-6-16(29)9-15)24-26(37)33-22-8-3-2-7-21(22)32-24/h2-11,13,18H,12H2,1H3,(H,30,36)(H,33,37). The predicted molar refractivity (Wildman–Crippen MR) is 139 cm³/mol. The van der Waals surface area contributed by atoms with Crippen LogP contribution in [0.25, 0.3) is 16.7 Å². The molecule has 0 saturated carbocycles. The summed E-state index contributed by atoms with van der Waals surface area (Å²) in [5, 5.41) is 7.21. The first kappa shape index (κ1) is 24.6. The molecule has 186 valence electrons. The second-order valence-corrected chi connectivity index (χ2v) is 9.12. The van der Waals surface area contributed by atoms with Gasteiger partial charge in [-0.3, -0.25) is 9.59 Å². The van der Waals surface area contributed by atoms with Gasteiger partial charge < -0.3 is 10.3 Å². The molecule has 0 saturated heterocycles. The van der Waals surface area contributed by atoms with Crippen LogP contribution in [0.2, 0.25) is 10.0 Å². The predicted octanol–water partition coefficient (Wildman–Crippen LogP) is 4.82. The van der Waals surface area contributed by atoms with Crippen LogP contribution in [0.3, 0.4) is 0 Å². The monoisotopic (exact) mass is 536 g/mol. The average molecular weight is 537 g/mol. The Labute approximate surface area is 220 Å². The Morgan fingerprint density at radius 3 is 2.57 bits per heavy atom. The van der Waals surface area contributed by atoms with Gasteiger partial charge in [-0.1, -0.05) is 47.5 Å². The van der Waals surface area contributed by atoms with Crippen LogP contribution < -0.4 is 10.9 Å². The fourth-order valence-electron chi connectivity index (χ4n) is 4.04. The largest absolute Gasteiger partial charge is 0.351 e. The molecule has 1 unspecified atom stereocenters. The van der Waals surface area contributed by atoms with E-state index < -0.39 is 23.2 Å². The summed E-state index contributed by atoms with van der Waals surface area (Å²) in [6, 6.07) is 16.0. The highest BCUT2D eigenvalue weighted by Gasteiger charge is 2.24. The molecule has 11 heteroatoms. The van der Waals surface area contributed by atoms with Crippen molar-refractivity contribution in [3.8, 4) is 5.69 Å². The molecular formula is C26H19Cl2FN6O2. The molecule has 2 aromatic heterocycles. The molecule has 8 nitrogen and oxygen atoms in total. The number of benzene rings is 3. The third kappa shape index (κ3) is 5.09. The van der Waals surface area contributed by atoms with Crippen molar-refractivity contribution in [3.63, 3.8) is 0 Å². The molecule has 37 heavy (non-hydrogen) atoms. The number of aromatic amines is 1. The molecule has 1 amide bonds. The number of carbonyl (C=O) groups excluding carboxylic acids is 1. The van der Waals surface area contributed by atoms with Gasteiger partial charge in [-0.2, -0.15) is 5.10 Å². The molecule has 0 aliphatic carbocycles. The zero-order valence-corrected chi connectivity index (χ0v) is 20.9. The summed E-state index contributed by atoms with van der Waals surface area (Å²) in [5.41, 5.74) is 1.90. The van der Waals surface area contributed by atoms with Gasteiger partial charge in [-0.05, 0) is 48.9 Å². The summed E-state index contributed by atoms with van der Waals surface area (Å²) in [6.07, 6.45) is 1.51. The SMILES string of the molecule is Cc1ncn(-c2cc(Cl)c(C(=O)NCC(c3cccc(F)c3)c3nc4ccccc4[nH]c3=O)c(Cl)c2)n1. The van der Waals surface area contributed by atoms with Gasteiger partial charge in [0.15, 0.2) is 0 Å². The van der Waals surface area contributed by atoms with Crippen LogP contribution in [-0.4, -0.2) is 37.2 Å². The number of nitrogens with zero attached hydrogens (tertiary/aromatic N) is 4. The van der Waals surface area contributed by atoms with Crippen molar-refractivity contribution < 1.29 is 9.18 Å². The maximum Gasteiger partial charge on any atom is 0.270 e. The van der Waals surface area contributed by atoms with E-state index in [4.69, 9.17) is 23.2 Å². The highest BCUT2D eigenvalue weighted by atomic mass is 35.5. The Morgan fingerprint density at radius 1 is 1.11 bits per heavy atom. The van der Waals surface area contributed by atoms with Crippen molar-refractivity contribution in [1.82, 2.24) is 30.0 Å². The molecule has 0 radical (unpaired) electrons. The van der Waals surface area contributed by atoms with Crippen molar-refractivity contribution in [1.29, 1.82) is 0 Å². The molecule has 2 heterocycles. The number of nitrogens with one attached hydrogen (secondary N) is 2. The quantitative estimate of drug-likeness (QED) is 0.323. The van der Waals surface area contributed by atoms with E-state index in [1.54, 1.807) is 49.4 Å². The van der Waals surface area contributed by atoms with E-state index in [9.17, 15) is 14.0 Å². The molecule has 0 aliphatic rings. The van der Waals surface area contributed by atoms with E-state index in [0.29, 0.717) is 28.1 Å². The second kappa shape index (κ2) is 10.1. The number of rotatable bonds is 6. The number of hydrogen-bond donors (Lipinski definition) is 2. The van der Waals surface area contributed by atoms with E-state index in [2.05, 4.69) is 25.4 Å². The lowest BCUT2D eigenvalue weighted by Crippen LogP contribution is -2.32. The highest BCUT2D eigenvalue weighted by Crippen LogP contribution is 2.29.